The fourth-order valence-electron chi connectivity index (χ4n) is 1.31. The lowest BCUT2D eigenvalue weighted by Gasteiger charge is -2.14. The van der Waals surface area contributed by atoms with Crippen molar-refractivity contribution in [1.29, 1.82) is 0 Å². The SMILES string of the molecule is CC(=O)CCCCN1NC(=O)CC1=O. The van der Waals surface area contributed by atoms with E-state index in [1.54, 1.807) is 6.92 Å². The predicted octanol–water partition coefficient (Wildman–Crippen LogP) is 0.00920. The Labute approximate surface area is 82.4 Å². The molecule has 1 N–H and O–H groups in total. The molecule has 5 nitrogen and oxygen atoms in total. The number of ketones is 1. The van der Waals surface area contributed by atoms with Crippen LogP contribution >= 0.6 is 0 Å². The predicted molar refractivity (Wildman–Crippen MR) is 49.0 cm³/mol. The molecule has 0 aromatic rings. The van der Waals surface area contributed by atoms with Crippen molar-refractivity contribution < 1.29 is 14.4 Å². The molecule has 0 aliphatic carbocycles. The first-order chi connectivity index (χ1) is 6.59. The van der Waals surface area contributed by atoms with E-state index in [0.717, 1.165) is 12.8 Å². The molecule has 1 aliphatic heterocycles. The number of rotatable bonds is 5. The Kier molecular flexibility index (Phi) is 3.62. The van der Waals surface area contributed by atoms with Crippen LogP contribution in [0.4, 0.5) is 0 Å². The number of hydrazine groups is 1. The van der Waals surface area contributed by atoms with Crippen molar-refractivity contribution in [3.05, 3.63) is 0 Å². The summed E-state index contributed by atoms with van der Waals surface area (Å²) in [6.07, 6.45) is 1.99. The number of amides is 2. The molecular formula is C9H14N2O3. The van der Waals surface area contributed by atoms with Gasteiger partial charge in [0.1, 0.15) is 12.2 Å². The number of nitrogens with zero attached hydrogens (tertiary/aromatic N) is 1. The molecule has 1 aliphatic rings. The highest BCUT2D eigenvalue weighted by atomic mass is 16.2. The highest BCUT2D eigenvalue weighted by molar-refractivity contribution is 6.02. The first-order valence-corrected chi connectivity index (χ1v) is 4.69. The third kappa shape index (κ3) is 3.16. The number of Topliss-reactive ketones (excluding diaryl/α,β-unsaturated/α-hetero) is 1. The molecule has 0 radical (unpaired) electrons. The monoisotopic (exact) mass is 198 g/mol. The fourth-order valence-corrected chi connectivity index (χ4v) is 1.31. The van der Waals surface area contributed by atoms with Crippen LogP contribution in [-0.2, 0) is 14.4 Å². The average Bonchev–Trinajstić information content (AvgIpc) is 2.39. The Bertz CT molecular complexity index is 263. The summed E-state index contributed by atoms with van der Waals surface area (Å²) in [7, 11) is 0. The van der Waals surface area contributed by atoms with E-state index in [1.165, 1.54) is 5.01 Å². The molecule has 0 unspecified atom stereocenters. The molecule has 0 spiro atoms. The maximum Gasteiger partial charge on any atom is 0.250 e. The van der Waals surface area contributed by atoms with Crippen LogP contribution in [-0.4, -0.2) is 29.2 Å². The second-order valence-electron chi connectivity index (χ2n) is 3.42. The lowest BCUT2D eigenvalue weighted by atomic mass is 10.2. The topological polar surface area (TPSA) is 66.5 Å². The van der Waals surface area contributed by atoms with E-state index in [0.29, 0.717) is 13.0 Å². The van der Waals surface area contributed by atoms with Gasteiger partial charge in [-0.2, -0.15) is 0 Å². The standard InChI is InChI=1S/C9H14N2O3/c1-7(12)4-2-3-5-11-9(14)6-8(13)10-11/h2-6H2,1H3,(H,10,13). The number of hydrogen-bond acceptors (Lipinski definition) is 3. The maximum absolute atomic E-state index is 11.1. The zero-order chi connectivity index (χ0) is 10.6. The van der Waals surface area contributed by atoms with E-state index in [9.17, 15) is 14.4 Å². The van der Waals surface area contributed by atoms with Crippen LogP contribution in [0.5, 0.6) is 0 Å². The molecule has 0 bridgehead atoms. The average molecular weight is 198 g/mol. The van der Waals surface area contributed by atoms with E-state index in [1.807, 2.05) is 0 Å². The largest absolute Gasteiger partial charge is 0.300 e. The van der Waals surface area contributed by atoms with Gasteiger partial charge in [-0.3, -0.25) is 20.0 Å². The van der Waals surface area contributed by atoms with E-state index >= 15 is 0 Å². The Morgan fingerprint density at radius 2 is 2.14 bits per heavy atom. The van der Waals surface area contributed by atoms with Gasteiger partial charge >= 0.3 is 0 Å². The van der Waals surface area contributed by atoms with Gasteiger partial charge in [0.15, 0.2) is 0 Å². The zero-order valence-electron chi connectivity index (χ0n) is 8.21. The molecule has 14 heavy (non-hydrogen) atoms. The number of unbranched alkanes of at least 4 members (excludes halogenated alkanes) is 1. The van der Waals surface area contributed by atoms with Gasteiger partial charge < -0.3 is 4.79 Å². The van der Waals surface area contributed by atoms with Gasteiger partial charge in [0.25, 0.3) is 0 Å². The van der Waals surface area contributed by atoms with Crippen LogP contribution in [0.1, 0.15) is 32.6 Å². The first kappa shape index (κ1) is 10.7. The lowest BCUT2D eigenvalue weighted by Crippen LogP contribution is -2.36. The first-order valence-electron chi connectivity index (χ1n) is 4.69. The third-order valence-electron chi connectivity index (χ3n) is 2.03. The van der Waals surface area contributed by atoms with Crippen molar-refractivity contribution in [1.82, 2.24) is 10.4 Å². The molecular weight excluding hydrogens is 184 g/mol. The minimum Gasteiger partial charge on any atom is -0.300 e. The third-order valence-corrected chi connectivity index (χ3v) is 2.03. The van der Waals surface area contributed by atoms with E-state index in [2.05, 4.69) is 5.43 Å². The summed E-state index contributed by atoms with van der Waals surface area (Å²) in [5.74, 6) is -0.277. The number of nitrogens with one attached hydrogen (secondary N) is 1. The second kappa shape index (κ2) is 4.74. The Hall–Kier alpha value is -1.39. The molecule has 0 aromatic heterocycles. The lowest BCUT2D eigenvalue weighted by molar-refractivity contribution is -0.129. The van der Waals surface area contributed by atoms with Crippen molar-refractivity contribution >= 4 is 17.6 Å². The summed E-state index contributed by atoms with van der Waals surface area (Å²) in [5, 5.41) is 1.32. The maximum atomic E-state index is 11.1. The van der Waals surface area contributed by atoms with Crippen molar-refractivity contribution in [2.24, 2.45) is 0 Å². The minimum absolute atomic E-state index is 0.0489. The van der Waals surface area contributed by atoms with Crippen LogP contribution in [0.15, 0.2) is 0 Å². The molecule has 0 atom stereocenters. The summed E-state index contributed by atoms with van der Waals surface area (Å²) < 4.78 is 0. The van der Waals surface area contributed by atoms with Gasteiger partial charge in [-0.25, -0.2) is 0 Å². The molecule has 0 saturated carbocycles. The van der Waals surface area contributed by atoms with Gasteiger partial charge in [-0.1, -0.05) is 0 Å². The summed E-state index contributed by atoms with van der Waals surface area (Å²) in [4.78, 5) is 32.5. The molecule has 78 valence electrons. The molecule has 1 heterocycles. The van der Waals surface area contributed by atoms with Crippen LogP contribution in [0, 0.1) is 0 Å². The Morgan fingerprint density at radius 1 is 1.43 bits per heavy atom. The van der Waals surface area contributed by atoms with Crippen molar-refractivity contribution in [3.63, 3.8) is 0 Å². The van der Waals surface area contributed by atoms with Crippen molar-refractivity contribution in [2.75, 3.05) is 6.54 Å². The van der Waals surface area contributed by atoms with Crippen molar-refractivity contribution in [3.8, 4) is 0 Å². The van der Waals surface area contributed by atoms with Gasteiger partial charge in [0.2, 0.25) is 11.8 Å². The molecule has 1 rings (SSSR count). The van der Waals surface area contributed by atoms with Gasteiger partial charge in [0, 0.05) is 13.0 Å². The van der Waals surface area contributed by atoms with Crippen LogP contribution < -0.4 is 5.43 Å². The van der Waals surface area contributed by atoms with Gasteiger partial charge in [-0.15, -0.1) is 0 Å². The molecule has 5 heteroatoms. The zero-order valence-corrected chi connectivity index (χ0v) is 8.21. The van der Waals surface area contributed by atoms with Crippen LogP contribution in [0.2, 0.25) is 0 Å². The number of hydrogen-bond donors (Lipinski definition) is 1. The summed E-state index contributed by atoms with van der Waals surface area (Å²) in [6.45, 7) is 2.04. The quantitative estimate of drug-likeness (QED) is 0.500. The molecule has 0 aromatic carbocycles. The van der Waals surface area contributed by atoms with Crippen LogP contribution in [0.3, 0.4) is 0 Å². The summed E-state index contributed by atoms with van der Waals surface area (Å²) in [5.41, 5.74) is 2.45. The highest BCUT2D eigenvalue weighted by Crippen LogP contribution is 2.04. The fraction of sp³-hybridized carbons (Fsp3) is 0.667. The normalized spacial score (nSPS) is 15.9. The van der Waals surface area contributed by atoms with Crippen molar-refractivity contribution in [2.45, 2.75) is 32.6 Å². The molecule has 1 saturated heterocycles. The molecule has 2 amide bonds. The van der Waals surface area contributed by atoms with Crippen LogP contribution in [0.25, 0.3) is 0 Å². The molecule has 1 fully saturated rings. The van der Waals surface area contributed by atoms with Gasteiger partial charge in [-0.05, 0) is 19.8 Å². The summed E-state index contributed by atoms with van der Waals surface area (Å²) >= 11 is 0. The van der Waals surface area contributed by atoms with E-state index in [4.69, 9.17) is 0 Å². The van der Waals surface area contributed by atoms with Gasteiger partial charge in [0.05, 0.1) is 0 Å². The van der Waals surface area contributed by atoms with E-state index in [-0.39, 0.29) is 24.0 Å². The highest BCUT2D eigenvalue weighted by Gasteiger charge is 2.25. The number of carbonyl (C=O) groups excluding carboxylic acids is 3. The Balaban J connectivity index is 2.16. The Morgan fingerprint density at radius 3 is 2.64 bits per heavy atom. The van der Waals surface area contributed by atoms with E-state index < -0.39 is 0 Å². The second-order valence-corrected chi connectivity index (χ2v) is 3.42. The number of carbonyl (C=O) groups is 3. The smallest absolute Gasteiger partial charge is 0.250 e. The minimum atomic E-state index is -0.249. The summed E-state index contributed by atoms with van der Waals surface area (Å²) in [6, 6.07) is 0.